The monoisotopic (exact) mass is 413 g/mol. The van der Waals surface area contributed by atoms with Crippen LogP contribution in [-0.2, 0) is 13.0 Å². The van der Waals surface area contributed by atoms with Gasteiger partial charge in [-0.15, -0.1) is 0 Å². The van der Waals surface area contributed by atoms with Crippen LogP contribution in [0, 0.1) is 20.8 Å². The van der Waals surface area contributed by atoms with E-state index in [2.05, 4.69) is 58.3 Å². The normalized spacial score (nSPS) is 10.9. The fraction of sp³-hybridized carbons (Fsp3) is 0.240. The molecule has 31 heavy (non-hydrogen) atoms. The number of imidazole rings is 1. The molecular weight excluding hydrogens is 386 g/mol. The molecule has 6 nitrogen and oxygen atoms in total. The number of aryl methyl sites for hydroxylation is 3. The highest BCUT2D eigenvalue weighted by atomic mass is 16.2. The Hall–Kier alpha value is -3.67. The molecule has 6 heteroatoms. The third kappa shape index (κ3) is 4.91. The van der Waals surface area contributed by atoms with Crippen LogP contribution in [0.15, 0.2) is 60.8 Å². The summed E-state index contributed by atoms with van der Waals surface area (Å²) in [5.41, 5.74) is 7.29. The summed E-state index contributed by atoms with van der Waals surface area (Å²) in [6.07, 6.45) is 2.40. The Kier molecular flexibility index (Phi) is 5.98. The van der Waals surface area contributed by atoms with Crippen LogP contribution < -0.4 is 10.6 Å². The molecule has 0 fully saturated rings. The fourth-order valence-corrected chi connectivity index (χ4v) is 3.52. The maximum absolute atomic E-state index is 12.3. The van der Waals surface area contributed by atoms with Crippen LogP contribution >= 0.6 is 0 Å². The number of hydrogen-bond donors (Lipinski definition) is 2. The molecular formula is C25H27N5O. The van der Waals surface area contributed by atoms with Crippen molar-refractivity contribution in [3.63, 3.8) is 0 Å². The molecule has 0 atom stereocenters. The van der Waals surface area contributed by atoms with E-state index in [0.717, 1.165) is 28.2 Å². The number of fused-ring (bicyclic) bond motifs is 1. The number of nitrogens with zero attached hydrogens (tertiary/aromatic N) is 3. The van der Waals surface area contributed by atoms with Gasteiger partial charge in [0.2, 0.25) is 0 Å². The number of nitrogens with one attached hydrogen (secondary N) is 2. The number of pyridine rings is 1. The number of urea groups is 1. The molecule has 2 N–H and O–H groups in total. The lowest BCUT2D eigenvalue weighted by Crippen LogP contribution is -2.31. The van der Waals surface area contributed by atoms with Gasteiger partial charge in [-0.05, 0) is 61.7 Å². The SMILES string of the molecule is Cc1ccc(Cn2c(CCNC(=O)Nc3ccc(C)c(C)c3)nc3cccnc32)cc1. The van der Waals surface area contributed by atoms with Gasteiger partial charge in [0.1, 0.15) is 11.3 Å². The maximum Gasteiger partial charge on any atom is 0.319 e. The Balaban J connectivity index is 1.44. The van der Waals surface area contributed by atoms with Crippen LogP contribution in [0.4, 0.5) is 10.5 Å². The van der Waals surface area contributed by atoms with Crippen molar-refractivity contribution in [3.8, 4) is 0 Å². The molecule has 2 aromatic heterocycles. The van der Waals surface area contributed by atoms with Crippen molar-refractivity contribution in [1.29, 1.82) is 0 Å². The Morgan fingerprint density at radius 1 is 1.00 bits per heavy atom. The highest BCUT2D eigenvalue weighted by Crippen LogP contribution is 2.17. The van der Waals surface area contributed by atoms with Crippen molar-refractivity contribution < 1.29 is 4.79 Å². The zero-order chi connectivity index (χ0) is 21.8. The Morgan fingerprint density at radius 2 is 1.81 bits per heavy atom. The van der Waals surface area contributed by atoms with E-state index in [-0.39, 0.29) is 6.03 Å². The first-order chi connectivity index (χ1) is 15.0. The molecule has 2 aromatic carbocycles. The number of hydrogen-bond acceptors (Lipinski definition) is 3. The molecule has 2 heterocycles. The van der Waals surface area contributed by atoms with Crippen LogP contribution in [0.5, 0.6) is 0 Å². The highest BCUT2D eigenvalue weighted by Gasteiger charge is 2.12. The summed E-state index contributed by atoms with van der Waals surface area (Å²) in [5, 5.41) is 5.83. The molecule has 0 unspecified atom stereocenters. The van der Waals surface area contributed by atoms with E-state index in [1.165, 1.54) is 16.7 Å². The fourth-order valence-electron chi connectivity index (χ4n) is 3.52. The predicted molar refractivity (Wildman–Crippen MR) is 124 cm³/mol. The Morgan fingerprint density at radius 3 is 2.58 bits per heavy atom. The number of anilines is 1. The average molecular weight is 414 g/mol. The van der Waals surface area contributed by atoms with E-state index in [1.807, 2.05) is 37.3 Å². The molecule has 2 amide bonds. The molecule has 0 aliphatic heterocycles. The van der Waals surface area contributed by atoms with Crippen molar-refractivity contribution in [2.45, 2.75) is 33.7 Å². The first kappa shape index (κ1) is 20.6. The molecule has 158 valence electrons. The van der Waals surface area contributed by atoms with Crippen LogP contribution in [0.25, 0.3) is 11.2 Å². The second-order valence-corrected chi connectivity index (χ2v) is 7.88. The molecule has 0 bridgehead atoms. The van der Waals surface area contributed by atoms with E-state index in [4.69, 9.17) is 4.98 Å². The number of carbonyl (C=O) groups is 1. The number of benzene rings is 2. The number of rotatable bonds is 6. The summed E-state index contributed by atoms with van der Waals surface area (Å²) in [5.74, 6) is 0.903. The maximum atomic E-state index is 12.3. The third-order valence-corrected chi connectivity index (χ3v) is 5.44. The smallest absolute Gasteiger partial charge is 0.319 e. The van der Waals surface area contributed by atoms with Gasteiger partial charge < -0.3 is 15.2 Å². The lowest BCUT2D eigenvalue weighted by atomic mass is 10.1. The lowest BCUT2D eigenvalue weighted by Gasteiger charge is -2.11. The van der Waals surface area contributed by atoms with E-state index >= 15 is 0 Å². The molecule has 0 saturated carbocycles. The van der Waals surface area contributed by atoms with E-state index < -0.39 is 0 Å². The molecule has 4 aromatic rings. The number of aromatic nitrogens is 3. The number of amides is 2. The third-order valence-electron chi connectivity index (χ3n) is 5.44. The zero-order valence-corrected chi connectivity index (χ0v) is 18.1. The molecule has 0 aliphatic rings. The second-order valence-electron chi connectivity index (χ2n) is 7.88. The first-order valence-corrected chi connectivity index (χ1v) is 10.5. The number of carbonyl (C=O) groups excluding carboxylic acids is 1. The van der Waals surface area contributed by atoms with Gasteiger partial charge >= 0.3 is 6.03 Å². The van der Waals surface area contributed by atoms with Gasteiger partial charge in [-0.2, -0.15) is 0 Å². The lowest BCUT2D eigenvalue weighted by molar-refractivity contribution is 0.252. The standard InChI is InChI=1S/C25H27N5O/c1-17-6-9-20(10-7-17)16-30-23(29-22-5-4-13-26-24(22)30)12-14-27-25(31)28-21-11-8-18(2)19(3)15-21/h4-11,13,15H,12,14,16H2,1-3H3,(H2,27,28,31). The molecule has 0 aliphatic carbocycles. The molecule has 0 spiro atoms. The minimum Gasteiger partial charge on any atom is -0.337 e. The van der Waals surface area contributed by atoms with Gasteiger partial charge in [0.05, 0.1) is 6.54 Å². The second kappa shape index (κ2) is 9.00. The molecule has 0 saturated heterocycles. The van der Waals surface area contributed by atoms with E-state index in [0.29, 0.717) is 19.5 Å². The summed E-state index contributed by atoms with van der Waals surface area (Å²) in [6.45, 7) is 7.34. The van der Waals surface area contributed by atoms with E-state index in [1.54, 1.807) is 6.20 Å². The van der Waals surface area contributed by atoms with Gasteiger partial charge in [-0.1, -0.05) is 35.9 Å². The first-order valence-electron chi connectivity index (χ1n) is 10.5. The van der Waals surface area contributed by atoms with Gasteiger partial charge in [-0.3, -0.25) is 0 Å². The minimum atomic E-state index is -0.220. The summed E-state index contributed by atoms with van der Waals surface area (Å²) < 4.78 is 2.13. The van der Waals surface area contributed by atoms with Crippen molar-refractivity contribution in [1.82, 2.24) is 19.9 Å². The van der Waals surface area contributed by atoms with Crippen LogP contribution in [0.1, 0.15) is 28.1 Å². The Bertz CT molecular complexity index is 1210. The topological polar surface area (TPSA) is 71.8 Å². The summed E-state index contributed by atoms with van der Waals surface area (Å²) in [7, 11) is 0. The van der Waals surface area contributed by atoms with Gasteiger partial charge in [0, 0.05) is 24.8 Å². The van der Waals surface area contributed by atoms with Crippen molar-refractivity contribution >= 4 is 22.9 Å². The van der Waals surface area contributed by atoms with Crippen LogP contribution in [0.3, 0.4) is 0 Å². The van der Waals surface area contributed by atoms with Crippen LogP contribution in [-0.4, -0.2) is 27.1 Å². The highest BCUT2D eigenvalue weighted by molar-refractivity contribution is 5.89. The largest absolute Gasteiger partial charge is 0.337 e. The average Bonchev–Trinajstić information content (AvgIpc) is 3.10. The van der Waals surface area contributed by atoms with E-state index in [9.17, 15) is 4.79 Å². The molecule has 4 rings (SSSR count). The Labute approximate surface area is 182 Å². The summed E-state index contributed by atoms with van der Waals surface area (Å²) in [4.78, 5) is 21.6. The van der Waals surface area contributed by atoms with Crippen molar-refractivity contribution in [3.05, 3.63) is 88.9 Å². The summed E-state index contributed by atoms with van der Waals surface area (Å²) >= 11 is 0. The van der Waals surface area contributed by atoms with Gasteiger partial charge in [-0.25, -0.2) is 14.8 Å². The zero-order valence-electron chi connectivity index (χ0n) is 18.1. The van der Waals surface area contributed by atoms with Gasteiger partial charge in [0.15, 0.2) is 5.65 Å². The van der Waals surface area contributed by atoms with Crippen molar-refractivity contribution in [2.24, 2.45) is 0 Å². The minimum absolute atomic E-state index is 0.220. The van der Waals surface area contributed by atoms with Crippen molar-refractivity contribution in [2.75, 3.05) is 11.9 Å². The quantitative estimate of drug-likeness (QED) is 0.478. The molecule has 0 radical (unpaired) electrons. The van der Waals surface area contributed by atoms with Crippen LogP contribution in [0.2, 0.25) is 0 Å². The predicted octanol–water partition coefficient (Wildman–Crippen LogP) is 4.77. The van der Waals surface area contributed by atoms with Gasteiger partial charge in [0.25, 0.3) is 0 Å². The summed E-state index contributed by atoms with van der Waals surface area (Å²) in [6, 6.07) is 18.0.